The van der Waals surface area contributed by atoms with Crippen LogP contribution in [0.5, 0.6) is 0 Å². The molecule has 142 valence electrons. The second-order valence-corrected chi connectivity index (χ2v) is 6.44. The number of para-hydroxylation sites is 1. The van der Waals surface area contributed by atoms with Crippen LogP contribution in [0.25, 0.3) is 0 Å². The molecule has 0 aliphatic carbocycles. The predicted molar refractivity (Wildman–Crippen MR) is 105 cm³/mol. The molecule has 2 amide bonds. The molecule has 0 aliphatic heterocycles. The number of rotatable bonds is 8. The molecule has 0 atom stereocenters. The average Bonchev–Trinajstić information content (AvgIpc) is 2.64. The summed E-state index contributed by atoms with van der Waals surface area (Å²) in [5.74, 6) is -1.29. The number of ether oxygens (including phenoxy) is 1. The Balaban J connectivity index is 1.65. The number of carbonyl (C=O) groups excluding carboxylic acids is 3. The van der Waals surface area contributed by atoms with Gasteiger partial charge in [-0.1, -0.05) is 41.4 Å². The fourth-order valence-electron chi connectivity index (χ4n) is 2.14. The van der Waals surface area contributed by atoms with Crippen LogP contribution in [0, 0.1) is 0 Å². The van der Waals surface area contributed by atoms with Gasteiger partial charge in [-0.05, 0) is 36.8 Å². The summed E-state index contributed by atoms with van der Waals surface area (Å²) in [6, 6.07) is 13.7. The quantitative estimate of drug-likeness (QED) is 0.638. The zero-order chi connectivity index (χ0) is 19.6. The summed E-state index contributed by atoms with van der Waals surface area (Å²) in [5.41, 5.74) is 1.03. The Morgan fingerprint density at radius 1 is 0.889 bits per heavy atom. The van der Waals surface area contributed by atoms with E-state index in [0.717, 1.165) is 0 Å². The van der Waals surface area contributed by atoms with Crippen LogP contribution in [0.3, 0.4) is 0 Å². The van der Waals surface area contributed by atoms with E-state index in [2.05, 4.69) is 10.6 Å². The molecule has 6 nitrogen and oxygen atoms in total. The number of anilines is 2. The fourth-order valence-corrected chi connectivity index (χ4v) is 2.47. The van der Waals surface area contributed by atoms with E-state index in [0.29, 0.717) is 27.8 Å². The number of amides is 2. The third-order valence-electron chi connectivity index (χ3n) is 3.41. The first-order chi connectivity index (χ1) is 12.9. The summed E-state index contributed by atoms with van der Waals surface area (Å²) in [5, 5.41) is 5.98. The highest BCUT2D eigenvalue weighted by Crippen LogP contribution is 2.25. The summed E-state index contributed by atoms with van der Waals surface area (Å²) in [7, 11) is 0. The number of benzene rings is 2. The lowest BCUT2D eigenvalue weighted by atomic mass is 10.2. The zero-order valence-corrected chi connectivity index (χ0v) is 15.8. The van der Waals surface area contributed by atoms with E-state index >= 15 is 0 Å². The van der Waals surface area contributed by atoms with E-state index in [9.17, 15) is 14.4 Å². The summed E-state index contributed by atoms with van der Waals surface area (Å²) in [6.07, 6.45) is 0.529. The van der Waals surface area contributed by atoms with Crippen LogP contribution >= 0.6 is 23.2 Å². The van der Waals surface area contributed by atoms with Crippen LogP contribution in [-0.2, 0) is 19.1 Å². The Bertz CT molecular complexity index is 813. The van der Waals surface area contributed by atoms with Gasteiger partial charge in [0, 0.05) is 23.6 Å². The number of nitrogens with one attached hydrogen (secondary N) is 2. The molecule has 8 heteroatoms. The van der Waals surface area contributed by atoms with Crippen molar-refractivity contribution in [2.24, 2.45) is 0 Å². The van der Waals surface area contributed by atoms with Crippen molar-refractivity contribution < 1.29 is 19.1 Å². The van der Waals surface area contributed by atoms with E-state index in [1.807, 2.05) is 18.2 Å². The fraction of sp³-hybridized carbons (Fsp3) is 0.211. The lowest BCUT2D eigenvalue weighted by molar-refractivity contribution is -0.147. The Morgan fingerprint density at radius 3 is 2.37 bits per heavy atom. The normalized spacial score (nSPS) is 10.1. The van der Waals surface area contributed by atoms with E-state index in [4.69, 9.17) is 27.9 Å². The molecule has 27 heavy (non-hydrogen) atoms. The summed E-state index contributed by atoms with van der Waals surface area (Å²) in [4.78, 5) is 35.3. The van der Waals surface area contributed by atoms with Crippen LogP contribution in [-0.4, -0.2) is 24.4 Å². The molecule has 0 bridgehead atoms. The standard InChI is InChI=1S/C19H18Cl2N2O4/c20-13-9-10-15(21)16(11-13)23-18(25)12-27-19(26)8-4-7-17(24)22-14-5-2-1-3-6-14/h1-3,5-6,9-11H,4,7-8,12H2,(H,22,24)(H,23,25). The Morgan fingerprint density at radius 2 is 1.63 bits per heavy atom. The third kappa shape index (κ3) is 7.68. The Hall–Kier alpha value is -2.57. The minimum Gasteiger partial charge on any atom is -0.456 e. The lowest BCUT2D eigenvalue weighted by Gasteiger charge is -2.08. The summed E-state index contributed by atoms with van der Waals surface area (Å²) >= 11 is 11.8. The molecule has 2 N–H and O–H groups in total. The molecule has 0 saturated heterocycles. The first-order valence-corrected chi connectivity index (χ1v) is 8.95. The maximum atomic E-state index is 11.8. The van der Waals surface area contributed by atoms with Crippen LogP contribution in [0.15, 0.2) is 48.5 Å². The number of hydrogen-bond donors (Lipinski definition) is 2. The first kappa shape index (κ1) is 20.7. The molecule has 0 unspecified atom stereocenters. The minimum atomic E-state index is -0.560. The number of esters is 1. The highest BCUT2D eigenvalue weighted by atomic mass is 35.5. The van der Waals surface area contributed by atoms with Gasteiger partial charge in [0.05, 0.1) is 10.7 Å². The summed E-state index contributed by atoms with van der Waals surface area (Å²) in [6.45, 7) is -0.447. The van der Waals surface area contributed by atoms with Crippen molar-refractivity contribution in [1.29, 1.82) is 0 Å². The number of carbonyl (C=O) groups is 3. The Kier molecular flexibility index (Phi) is 8.10. The Labute approximate surface area is 166 Å². The van der Waals surface area contributed by atoms with E-state index in [-0.39, 0.29) is 18.7 Å². The molecule has 0 spiro atoms. The van der Waals surface area contributed by atoms with Gasteiger partial charge in [-0.25, -0.2) is 0 Å². The maximum absolute atomic E-state index is 11.8. The second kappa shape index (κ2) is 10.5. The monoisotopic (exact) mass is 408 g/mol. The van der Waals surface area contributed by atoms with Gasteiger partial charge in [-0.15, -0.1) is 0 Å². The minimum absolute atomic E-state index is 0.0351. The van der Waals surface area contributed by atoms with Crippen LogP contribution in [0.4, 0.5) is 11.4 Å². The molecule has 2 aromatic rings. The van der Waals surface area contributed by atoms with Gasteiger partial charge in [0.2, 0.25) is 5.91 Å². The van der Waals surface area contributed by atoms with Crippen molar-refractivity contribution in [3.63, 3.8) is 0 Å². The maximum Gasteiger partial charge on any atom is 0.306 e. The highest BCUT2D eigenvalue weighted by Gasteiger charge is 2.11. The van der Waals surface area contributed by atoms with Gasteiger partial charge >= 0.3 is 5.97 Å². The topological polar surface area (TPSA) is 84.5 Å². The van der Waals surface area contributed by atoms with Gasteiger partial charge in [0.1, 0.15) is 0 Å². The molecule has 0 radical (unpaired) electrons. The average molecular weight is 409 g/mol. The van der Waals surface area contributed by atoms with Crippen molar-refractivity contribution in [3.8, 4) is 0 Å². The van der Waals surface area contributed by atoms with Crippen molar-refractivity contribution in [1.82, 2.24) is 0 Å². The van der Waals surface area contributed by atoms with E-state index in [1.165, 1.54) is 6.07 Å². The van der Waals surface area contributed by atoms with Crippen LogP contribution < -0.4 is 10.6 Å². The van der Waals surface area contributed by atoms with Crippen molar-refractivity contribution >= 4 is 52.4 Å². The lowest BCUT2D eigenvalue weighted by Crippen LogP contribution is -2.21. The molecule has 2 rings (SSSR count). The highest BCUT2D eigenvalue weighted by molar-refractivity contribution is 6.35. The van der Waals surface area contributed by atoms with E-state index in [1.54, 1.807) is 24.3 Å². The first-order valence-electron chi connectivity index (χ1n) is 8.19. The van der Waals surface area contributed by atoms with Gasteiger partial charge in [0.15, 0.2) is 6.61 Å². The second-order valence-electron chi connectivity index (χ2n) is 5.60. The molecule has 0 fully saturated rings. The van der Waals surface area contributed by atoms with Crippen LogP contribution in [0.1, 0.15) is 19.3 Å². The molecular formula is C19H18Cl2N2O4. The van der Waals surface area contributed by atoms with Gasteiger partial charge < -0.3 is 15.4 Å². The zero-order valence-electron chi connectivity index (χ0n) is 14.3. The van der Waals surface area contributed by atoms with Gasteiger partial charge in [-0.2, -0.15) is 0 Å². The predicted octanol–water partition coefficient (Wildman–Crippen LogP) is 4.28. The smallest absolute Gasteiger partial charge is 0.306 e. The van der Waals surface area contributed by atoms with Gasteiger partial charge in [-0.3, -0.25) is 14.4 Å². The number of hydrogen-bond acceptors (Lipinski definition) is 4. The molecular weight excluding hydrogens is 391 g/mol. The largest absolute Gasteiger partial charge is 0.456 e. The SMILES string of the molecule is O=C(CCCC(=O)OCC(=O)Nc1cc(Cl)ccc1Cl)Nc1ccccc1. The van der Waals surface area contributed by atoms with Crippen molar-refractivity contribution in [3.05, 3.63) is 58.6 Å². The molecule has 2 aromatic carbocycles. The molecule has 0 heterocycles. The van der Waals surface area contributed by atoms with Gasteiger partial charge in [0.25, 0.3) is 5.91 Å². The summed E-state index contributed by atoms with van der Waals surface area (Å²) < 4.78 is 4.89. The van der Waals surface area contributed by atoms with Crippen molar-refractivity contribution in [2.45, 2.75) is 19.3 Å². The van der Waals surface area contributed by atoms with E-state index < -0.39 is 18.5 Å². The molecule has 0 saturated carbocycles. The number of halogens is 2. The third-order valence-corrected chi connectivity index (χ3v) is 3.97. The van der Waals surface area contributed by atoms with Crippen molar-refractivity contribution in [2.75, 3.05) is 17.2 Å². The molecule has 0 aliphatic rings. The molecule has 0 aromatic heterocycles. The van der Waals surface area contributed by atoms with Crippen LogP contribution in [0.2, 0.25) is 10.0 Å².